The van der Waals surface area contributed by atoms with Crippen molar-refractivity contribution in [2.45, 2.75) is 39.8 Å². The SMILES string of the molecule is Cc1cc(C(C)N2CCNCC2C)c(C)s1. The topological polar surface area (TPSA) is 15.3 Å². The van der Waals surface area contributed by atoms with Crippen LogP contribution in [0.25, 0.3) is 0 Å². The second-order valence-corrected chi connectivity index (χ2v) is 6.30. The molecular weight excluding hydrogens is 216 g/mol. The van der Waals surface area contributed by atoms with Crippen LogP contribution in [0, 0.1) is 13.8 Å². The maximum atomic E-state index is 3.45. The molecule has 90 valence electrons. The first-order valence-corrected chi connectivity index (χ1v) is 6.94. The highest BCUT2D eigenvalue weighted by Gasteiger charge is 2.25. The second-order valence-electron chi connectivity index (χ2n) is 4.84. The fourth-order valence-corrected chi connectivity index (χ4v) is 3.69. The van der Waals surface area contributed by atoms with Gasteiger partial charge >= 0.3 is 0 Å². The Morgan fingerprint density at radius 2 is 2.25 bits per heavy atom. The molecule has 0 amide bonds. The summed E-state index contributed by atoms with van der Waals surface area (Å²) in [4.78, 5) is 5.53. The lowest BCUT2D eigenvalue weighted by Crippen LogP contribution is -2.50. The van der Waals surface area contributed by atoms with Crippen LogP contribution in [-0.2, 0) is 0 Å². The van der Waals surface area contributed by atoms with E-state index in [0.29, 0.717) is 12.1 Å². The third-order valence-corrected chi connectivity index (χ3v) is 4.56. The average Bonchev–Trinajstić information content (AvgIpc) is 2.58. The summed E-state index contributed by atoms with van der Waals surface area (Å²) in [6, 6.07) is 3.56. The first-order valence-electron chi connectivity index (χ1n) is 6.13. The molecule has 2 atom stereocenters. The van der Waals surface area contributed by atoms with Gasteiger partial charge in [0.1, 0.15) is 0 Å². The van der Waals surface area contributed by atoms with Crippen molar-refractivity contribution in [1.82, 2.24) is 10.2 Å². The molecular formula is C13H22N2S. The van der Waals surface area contributed by atoms with Gasteiger partial charge in [0.25, 0.3) is 0 Å². The number of nitrogens with zero attached hydrogens (tertiary/aromatic N) is 1. The van der Waals surface area contributed by atoms with Crippen molar-refractivity contribution in [2.75, 3.05) is 19.6 Å². The van der Waals surface area contributed by atoms with Gasteiger partial charge in [-0.2, -0.15) is 0 Å². The van der Waals surface area contributed by atoms with Crippen LogP contribution in [0.4, 0.5) is 0 Å². The molecule has 1 N–H and O–H groups in total. The number of nitrogens with one attached hydrogen (secondary N) is 1. The lowest BCUT2D eigenvalue weighted by molar-refractivity contribution is 0.126. The van der Waals surface area contributed by atoms with E-state index in [9.17, 15) is 0 Å². The number of hydrogen-bond acceptors (Lipinski definition) is 3. The maximum Gasteiger partial charge on any atom is 0.0334 e. The molecule has 2 unspecified atom stereocenters. The quantitative estimate of drug-likeness (QED) is 0.852. The molecule has 0 spiro atoms. The summed E-state index contributed by atoms with van der Waals surface area (Å²) in [6.07, 6.45) is 0. The van der Waals surface area contributed by atoms with Crippen LogP contribution >= 0.6 is 11.3 Å². The average molecular weight is 238 g/mol. The van der Waals surface area contributed by atoms with Crippen LogP contribution < -0.4 is 5.32 Å². The summed E-state index contributed by atoms with van der Waals surface area (Å²) in [5.41, 5.74) is 1.52. The van der Waals surface area contributed by atoms with Gasteiger partial charge in [-0.05, 0) is 39.3 Å². The van der Waals surface area contributed by atoms with Crippen molar-refractivity contribution < 1.29 is 0 Å². The van der Waals surface area contributed by atoms with Crippen molar-refractivity contribution >= 4 is 11.3 Å². The molecule has 1 saturated heterocycles. The highest BCUT2D eigenvalue weighted by Crippen LogP contribution is 2.31. The van der Waals surface area contributed by atoms with E-state index in [4.69, 9.17) is 0 Å². The second kappa shape index (κ2) is 4.86. The summed E-state index contributed by atoms with van der Waals surface area (Å²) >= 11 is 1.92. The molecule has 1 aliphatic heterocycles. The number of piperazine rings is 1. The summed E-state index contributed by atoms with van der Waals surface area (Å²) in [5, 5.41) is 3.45. The lowest BCUT2D eigenvalue weighted by Gasteiger charge is -2.38. The van der Waals surface area contributed by atoms with Gasteiger partial charge in [-0.1, -0.05) is 0 Å². The molecule has 0 bridgehead atoms. The summed E-state index contributed by atoms with van der Waals surface area (Å²) in [5.74, 6) is 0. The molecule has 0 saturated carbocycles. The van der Waals surface area contributed by atoms with Gasteiger partial charge in [0, 0.05) is 41.5 Å². The zero-order valence-corrected chi connectivity index (χ0v) is 11.5. The predicted molar refractivity (Wildman–Crippen MR) is 71.2 cm³/mol. The summed E-state index contributed by atoms with van der Waals surface area (Å²) in [7, 11) is 0. The van der Waals surface area contributed by atoms with Crippen molar-refractivity contribution in [3.63, 3.8) is 0 Å². The molecule has 0 aromatic carbocycles. The standard InChI is InChI=1S/C13H22N2S/c1-9-8-14-5-6-15(9)11(3)13-7-10(2)16-12(13)4/h7,9,11,14H,5-6,8H2,1-4H3. The van der Waals surface area contributed by atoms with Crippen molar-refractivity contribution in [3.8, 4) is 0 Å². The van der Waals surface area contributed by atoms with E-state index >= 15 is 0 Å². The third kappa shape index (κ3) is 2.31. The number of aryl methyl sites for hydroxylation is 2. The molecule has 0 aliphatic carbocycles. The first-order chi connectivity index (χ1) is 7.59. The van der Waals surface area contributed by atoms with Crippen LogP contribution in [0.5, 0.6) is 0 Å². The third-order valence-electron chi connectivity index (χ3n) is 3.58. The minimum Gasteiger partial charge on any atom is -0.314 e. The Bertz CT molecular complexity index is 359. The monoisotopic (exact) mass is 238 g/mol. The zero-order chi connectivity index (χ0) is 11.7. The Hall–Kier alpha value is -0.380. The Morgan fingerprint density at radius 3 is 2.81 bits per heavy atom. The normalized spacial score (nSPS) is 24.6. The predicted octanol–water partition coefficient (Wildman–Crippen LogP) is 2.72. The van der Waals surface area contributed by atoms with E-state index in [1.165, 1.54) is 15.3 Å². The van der Waals surface area contributed by atoms with Crippen molar-refractivity contribution in [2.24, 2.45) is 0 Å². The molecule has 3 heteroatoms. The Balaban J connectivity index is 2.17. The van der Waals surface area contributed by atoms with Crippen LogP contribution in [-0.4, -0.2) is 30.6 Å². The maximum absolute atomic E-state index is 3.45. The van der Waals surface area contributed by atoms with E-state index in [1.54, 1.807) is 0 Å². The number of hydrogen-bond donors (Lipinski definition) is 1. The number of thiophene rings is 1. The van der Waals surface area contributed by atoms with Crippen molar-refractivity contribution in [1.29, 1.82) is 0 Å². The Labute approximate surface area is 103 Å². The minimum atomic E-state index is 0.557. The van der Waals surface area contributed by atoms with Gasteiger partial charge < -0.3 is 5.32 Å². The minimum absolute atomic E-state index is 0.557. The molecule has 1 aromatic heterocycles. The summed E-state index contributed by atoms with van der Waals surface area (Å²) < 4.78 is 0. The molecule has 2 nitrogen and oxygen atoms in total. The van der Waals surface area contributed by atoms with Crippen LogP contribution in [0.15, 0.2) is 6.07 Å². The van der Waals surface area contributed by atoms with Crippen LogP contribution in [0.2, 0.25) is 0 Å². The Morgan fingerprint density at radius 1 is 1.50 bits per heavy atom. The van der Waals surface area contributed by atoms with E-state index in [2.05, 4.69) is 44.0 Å². The van der Waals surface area contributed by atoms with Crippen LogP contribution in [0.1, 0.15) is 35.2 Å². The van der Waals surface area contributed by atoms with E-state index in [-0.39, 0.29) is 0 Å². The zero-order valence-electron chi connectivity index (χ0n) is 10.7. The van der Waals surface area contributed by atoms with Gasteiger partial charge in [0.05, 0.1) is 0 Å². The molecule has 2 rings (SSSR count). The van der Waals surface area contributed by atoms with E-state index in [0.717, 1.165) is 19.6 Å². The molecule has 2 heterocycles. The molecule has 16 heavy (non-hydrogen) atoms. The molecule has 1 aromatic rings. The van der Waals surface area contributed by atoms with Gasteiger partial charge in [-0.3, -0.25) is 4.90 Å². The number of rotatable bonds is 2. The van der Waals surface area contributed by atoms with Gasteiger partial charge in [0.2, 0.25) is 0 Å². The fourth-order valence-electron chi connectivity index (χ4n) is 2.68. The fraction of sp³-hybridized carbons (Fsp3) is 0.692. The van der Waals surface area contributed by atoms with E-state index in [1.807, 2.05) is 11.3 Å². The van der Waals surface area contributed by atoms with Crippen LogP contribution in [0.3, 0.4) is 0 Å². The highest BCUT2D eigenvalue weighted by molar-refractivity contribution is 7.12. The largest absolute Gasteiger partial charge is 0.314 e. The lowest BCUT2D eigenvalue weighted by atomic mass is 10.0. The molecule has 0 radical (unpaired) electrons. The van der Waals surface area contributed by atoms with E-state index < -0.39 is 0 Å². The first kappa shape index (κ1) is 12.1. The van der Waals surface area contributed by atoms with Gasteiger partial charge in [-0.25, -0.2) is 0 Å². The molecule has 1 fully saturated rings. The smallest absolute Gasteiger partial charge is 0.0334 e. The van der Waals surface area contributed by atoms with Gasteiger partial charge in [0.15, 0.2) is 0 Å². The molecule has 1 aliphatic rings. The van der Waals surface area contributed by atoms with Crippen molar-refractivity contribution in [3.05, 3.63) is 21.4 Å². The highest BCUT2D eigenvalue weighted by atomic mass is 32.1. The Kier molecular flexibility index (Phi) is 3.67. The van der Waals surface area contributed by atoms with Gasteiger partial charge in [-0.15, -0.1) is 11.3 Å². The summed E-state index contributed by atoms with van der Waals surface area (Å²) in [6.45, 7) is 12.5.